The first kappa shape index (κ1) is 16.1. The quantitative estimate of drug-likeness (QED) is 0.604. The summed E-state index contributed by atoms with van der Waals surface area (Å²) in [6, 6.07) is 11.2. The van der Waals surface area contributed by atoms with Crippen molar-refractivity contribution < 1.29 is 14.3 Å². The van der Waals surface area contributed by atoms with E-state index in [1.807, 2.05) is 26.8 Å². The van der Waals surface area contributed by atoms with Gasteiger partial charge in [0, 0.05) is 10.9 Å². The summed E-state index contributed by atoms with van der Waals surface area (Å²) in [5.41, 5.74) is 1.98. The Bertz CT molecular complexity index is 923. The molecule has 0 unspecified atom stereocenters. The van der Waals surface area contributed by atoms with Crippen LogP contribution in [0.1, 0.15) is 36.8 Å². The fourth-order valence-electron chi connectivity index (χ4n) is 2.53. The molecule has 0 bridgehead atoms. The van der Waals surface area contributed by atoms with Crippen LogP contribution in [0.15, 0.2) is 42.5 Å². The third kappa shape index (κ3) is 2.97. The third-order valence-corrected chi connectivity index (χ3v) is 3.97. The Hall–Kier alpha value is -2.82. The lowest BCUT2D eigenvalue weighted by Gasteiger charge is -2.20. The normalized spacial score (nSPS) is 11.7. The molecular weight excluding hydrogens is 307 g/mol. The number of amides is 1. The molecule has 1 heterocycles. The molecule has 0 spiro atoms. The highest BCUT2D eigenvalue weighted by Crippen LogP contribution is 2.31. The molecule has 0 fully saturated rings. The monoisotopic (exact) mass is 326 g/mol. The lowest BCUT2D eigenvalue weighted by molar-refractivity contribution is 0.102. The van der Waals surface area contributed by atoms with Crippen LogP contribution < -0.4 is 5.32 Å². The van der Waals surface area contributed by atoms with E-state index in [9.17, 15) is 14.3 Å². The van der Waals surface area contributed by atoms with Crippen LogP contribution in [0.2, 0.25) is 0 Å². The number of nitrogens with one attached hydrogen (secondary N) is 2. The van der Waals surface area contributed by atoms with Crippen LogP contribution in [0.25, 0.3) is 10.9 Å². The summed E-state index contributed by atoms with van der Waals surface area (Å²) in [4.78, 5) is 15.3. The minimum absolute atomic E-state index is 0.0151. The first-order valence-electron chi connectivity index (χ1n) is 7.68. The predicted molar refractivity (Wildman–Crippen MR) is 93.0 cm³/mol. The molecule has 1 aromatic heterocycles. The maximum Gasteiger partial charge on any atom is 0.272 e. The summed E-state index contributed by atoms with van der Waals surface area (Å²) in [5, 5.41) is 13.0. The molecule has 5 heteroatoms. The van der Waals surface area contributed by atoms with E-state index in [1.54, 1.807) is 24.3 Å². The number of hydrogen-bond donors (Lipinski definition) is 3. The number of H-pyrrole nitrogens is 1. The van der Waals surface area contributed by atoms with Gasteiger partial charge in [-0.05, 0) is 41.3 Å². The zero-order valence-corrected chi connectivity index (χ0v) is 13.8. The number of aromatic hydroxyl groups is 1. The molecule has 3 rings (SSSR count). The molecule has 0 saturated carbocycles. The first-order valence-corrected chi connectivity index (χ1v) is 7.68. The molecule has 0 saturated heterocycles. The highest BCUT2D eigenvalue weighted by atomic mass is 19.1. The second kappa shape index (κ2) is 5.67. The van der Waals surface area contributed by atoms with Gasteiger partial charge in [-0.2, -0.15) is 0 Å². The molecule has 124 valence electrons. The molecule has 0 atom stereocenters. The number of hydrogen-bond acceptors (Lipinski definition) is 2. The Kier molecular flexibility index (Phi) is 3.79. The average Bonchev–Trinajstić information content (AvgIpc) is 2.94. The highest BCUT2D eigenvalue weighted by molar-refractivity contribution is 6.06. The van der Waals surface area contributed by atoms with Gasteiger partial charge in [-0.25, -0.2) is 4.39 Å². The SMILES string of the molecule is CC(C)(C)c1ccc(O)c(NC(=O)c2cc3c(F)cccc3[nH]2)c1. The van der Waals surface area contributed by atoms with Crippen LogP contribution in [0.4, 0.5) is 10.1 Å². The van der Waals surface area contributed by atoms with Crippen LogP contribution in [0, 0.1) is 5.82 Å². The second-order valence-electron chi connectivity index (χ2n) is 6.82. The summed E-state index contributed by atoms with van der Waals surface area (Å²) in [6.07, 6.45) is 0. The number of aromatic amines is 1. The number of carbonyl (C=O) groups is 1. The van der Waals surface area contributed by atoms with Crippen molar-refractivity contribution in [2.24, 2.45) is 0 Å². The van der Waals surface area contributed by atoms with Crippen molar-refractivity contribution in [1.82, 2.24) is 4.98 Å². The predicted octanol–water partition coefficient (Wildman–Crippen LogP) is 4.56. The Morgan fingerprint density at radius 1 is 1.17 bits per heavy atom. The molecule has 2 aromatic carbocycles. The number of halogens is 1. The van der Waals surface area contributed by atoms with E-state index >= 15 is 0 Å². The van der Waals surface area contributed by atoms with Crippen molar-refractivity contribution in [3.05, 3.63) is 59.5 Å². The molecule has 0 aliphatic rings. The van der Waals surface area contributed by atoms with Gasteiger partial charge >= 0.3 is 0 Å². The number of rotatable bonds is 2. The third-order valence-electron chi connectivity index (χ3n) is 3.97. The van der Waals surface area contributed by atoms with E-state index < -0.39 is 5.91 Å². The maximum absolute atomic E-state index is 13.7. The number of fused-ring (bicyclic) bond motifs is 1. The minimum Gasteiger partial charge on any atom is -0.506 e. The number of carbonyl (C=O) groups excluding carboxylic acids is 1. The van der Waals surface area contributed by atoms with Crippen LogP contribution in [0.5, 0.6) is 5.75 Å². The van der Waals surface area contributed by atoms with Crippen molar-refractivity contribution in [3.8, 4) is 5.75 Å². The van der Waals surface area contributed by atoms with Crippen molar-refractivity contribution >= 4 is 22.5 Å². The Balaban J connectivity index is 1.92. The van der Waals surface area contributed by atoms with Crippen molar-refractivity contribution in [2.45, 2.75) is 26.2 Å². The lowest BCUT2D eigenvalue weighted by atomic mass is 9.87. The zero-order chi connectivity index (χ0) is 17.5. The number of benzene rings is 2. The van der Waals surface area contributed by atoms with E-state index in [-0.39, 0.29) is 22.7 Å². The van der Waals surface area contributed by atoms with E-state index in [4.69, 9.17) is 0 Å². The second-order valence-corrected chi connectivity index (χ2v) is 6.82. The summed E-state index contributed by atoms with van der Waals surface area (Å²) >= 11 is 0. The van der Waals surface area contributed by atoms with E-state index in [0.717, 1.165) is 5.56 Å². The molecule has 3 aromatic rings. The molecule has 1 amide bonds. The fraction of sp³-hybridized carbons (Fsp3) is 0.211. The topological polar surface area (TPSA) is 65.1 Å². The summed E-state index contributed by atoms with van der Waals surface area (Å²) in [6.45, 7) is 6.14. The van der Waals surface area contributed by atoms with E-state index in [2.05, 4.69) is 10.3 Å². The van der Waals surface area contributed by atoms with Gasteiger partial charge < -0.3 is 15.4 Å². The Morgan fingerprint density at radius 3 is 2.58 bits per heavy atom. The van der Waals surface area contributed by atoms with Crippen LogP contribution in [0.3, 0.4) is 0 Å². The van der Waals surface area contributed by atoms with Gasteiger partial charge in [0.15, 0.2) is 0 Å². The van der Waals surface area contributed by atoms with E-state index in [1.165, 1.54) is 12.1 Å². The number of phenolic OH excluding ortho intramolecular Hbond substituents is 1. The standard InChI is InChI=1S/C19H19FN2O2/c1-19(2,3)11-7-8-17(23)15(9-11)22-18(24)16-10-12-13(20)5-4-6-14(12)21-16/h4-10,21,23H,1-3H3,(H,22,24). The summed E-state index contributed by atoms with van der Waals surface area (Å²) in [7, 11) is 0. The van der Waals surface area contributed by atoms with Crippen LogP contribution >= 0.6 is 0 Å². The van der Waals surface area contributed by atoms with Gasteiger partial charge in [0.05, 0.1) is 5.69 Å². The number of aromatic nitrogens is 1. The van der Waals surface area contributed by atoms with Gasteiger partial charge in [-0.3, -0.25) is 4.79 Å². The molecule has 3 N–H and O–H groups in total. The van der Waals surface area contributed by atoms with Crippen molar-refractivity contribution in [3.63, 3.8) is 0 Å². The van der Waals surface area contributed by atoms with Crippen LogP contribution in [-0.2, 0) is 5.41 Å². The van der Waals surface area contributed by atoms with Crippen molar-refractivity contribution in [1.29, 1.82) is 0 Å². The number of anilines is 1. The average molecular weight is 326 g/mol. The smallest absolute Gasteiger partial charge is 0.272 e. The first-order chi connectivity index (χ1) is 11.3. The number of phenols is 1. The van der Waals surface area contributed by atoms with Gasteiger partial charge in [0.25, 0.3) is 5.91 Å². The van der Waals surface area contributed by atoms with Crippen molar-refractivity contribution in [2.75, 3.05) is 5.32 Å². The molecular formula is C19H19FN2O2. The lowest BCUT2D eigenvalue weighted by Crippen LogP contribution is -2.15. The highest BCUT2D eigenvalue weighted by Gasteiger charge is 2.18. The maximum atomic E-state index is 13.7. The van der Waals surface area contributed by atoms with E-state index in [0.29, 0.717) is 16.6 Å². The zero-order valence-electron chi connectivity index (χ0n) is 13.8. The molecule has 0 radical (unpaired) electrons. The Morgan fingerprint density at radius 2 is 1.92 bits per heavy atom. The molecule has 0 aliphatic heterocycles. The Labute approximate surface area is 139 Å². The van der Waals surface area contributed by atoms with Gasteiger partial charge in [0.2, 0.25) is 0 Å². The van der Waals surface area contributed by atoms with Gasteiger partial charge in [-0.1, -0.05) is 32.9 Å². The van der Waals surface area contributed by atoms with Gasteiger partial charge in [0.1, 0.15) is 17.3 Å². The molecule has 24 heavy (non-hydrogen) atoms. The van der Waals surface area contributed by atoms with Gasteiger partial charge in [-0.15, -0.1) is 0 Å². The van der Waals surface area contributed by atoms with Crippen LogP contribution in [-0.4, -0.2) is 16.0 Å². The molecule has 0 aliphatic carbocycles. The summed E-state index contributed by atoms with van der Waals surface area (Å²) in [5.74, 6) is -0.842. The fourth-order valence-corrected chi connectivity index (χ4v) is 2.53. The minimum atomic E-state index is -0.438. The summed E-state index contributed by atoms with van der Waals surface area (Å²) < 4.78 is 13.7. The largest absolute Gasteiger partial charge is 0.506 e. The molecule has 4 nitrogen and oxygen atoms in total.